The summed E-state index contributed by atoms with van der Waals surface area (Å²) in [6.45, 7) is 5.43. The van der Waals surface area contributed by atoms with E-state index >= 15 is 0 Å². The van der Waals surface area contributed by atoms with Crippen LogP contribution in [0.25, 0.3) is 0 Å². The number of azo groups is 1. The van der Waals surface area contributed by atoms with Crippen LogP contribution in [-0.2, 0) is 4.79 Å². The number of hydrazine groups is 1. The first kappa shape index (κ1) is 23.4. The largest absolute Gasteiger partial charge is 0.370 e. The van der Waals surface area contributed by atoms with E-state index in [1.54, 1.807) is 6.92 Å². The van der Waals surface area contributed by atoms with Gasteiger partial charge in [-0.05, 0) is 37.6 Å². The number of nitrogens with zero attached hydrogens (tertiary/aromatic N) is 2. The molecule has 0 aromatic heterocycles. The Hall–Kier alpha value is -2.57. The summed E-state index contributed by atoms with van der Waals surface area (Å²) in [6, 6.07) is 19.0. The van der Waals surface area contributed by atoms with Crippen molar-refractivity contribution in [1.29, 1.82) is 0 Å². The predicted octanol–water partition coefficient (Wildman–Crippen LogP) is 4.85. The van der Waals surface area contributed by atoms with Gasteiger partial charge in [-0.3, -0.25) is 5.84 Å². The third-order valence-corrected chi connectivity index (χ3v) is 3.05. The van der Waals surface area contributed by atoms with Crippen LogP contribution in [0.15, 0.2) is 70.9 Å². The molecule has 0 radical (unpaired) electrons. The van der Waals surface area contributed by atoms with E-state index in [1.807, 2.05) is 74.5 Å². The second kappa shape index (κ2) is 15.9. The minimum Gasteiger partial charge on any atom is -0.370 e. The molecule has 0 spiro atoms. The molecule has 0 aliphatic heterocycles. The van der Waals surface area contributed by atoms with E-state index in [0.717, 1.165) is 17.8 Å². The van der Waals surface area contributed by atoms with Crippen LogP contribution >= 0.6 is 0 Å². The highest BCUT2D eigenvalue weighted by molar-refractivity contribution is 5.74. The first-order valence-corrected chi connectivity index (χ1v) is 8.68. The van der Waals surface area contributed by atoms with Crippen LogP contribution < -0.4 is 11.3 Å². The van der Waals surface area contributed by atoms with Gasteiger partial charge in [-0.15, -0.1) is 0 Å². The Labute approximate surface area is 156 Å². The maximum atomic E-state index is 9.81. The minimum absolute atomic E-state index is 0.255. The molecule has 0 bridgehead atoms. The van der Waals surface area contributed by atoms with Crippen LogP contribution in [0.4, 0.5) is 11.4 Å². The van der Waals surface area contributed by atoms with Crippen LogP contribution in [0.2, 0.25) is 0 Å². The van der Waals surface area contributed by atoms with E-state index in [4.69, 9.17) is 5.84 Å². The lowest BCUT2D eigenvalue weighted by atomic mass is 10.3. The lowest BCUT2D eigenvalue weighted by molar-refractivity contribution is -0.116. The van der Waals surface area contributed by atoms with Gasteiger partial charge in [-0.2, -0.15) is 10.2 Å². The van der Waals surface area contributed by atoms with Gasteiger partial charge in [0.1, 0.15) is 5.78 Å². The standard InChI is InChI=1S/C10H14N2O.C6H8N2.C4H8O/c1-2-6-10(13)12-11-9-7-4-3-5-8-9;7-8-6-4-2-1-3-5-6;1-3-4(2)5/h3-5,7-8,10,13H,2,6H2,1H3;1-5,8H,7H2;3H2,1-2H3/b12-11+;;. The van der Waals surface area contributed by atoms with Crippen molar-refractivity contribution in [2.45, 2.75) is 46.3 Å². The van der Waals surface area contributed by atoms with Crippen molar-refractivity contribution < 1.29 is 9.90 Å². The van der Waals surface area contributed by atoms with Crippen molar-refractivity contribution in [3.05, 3.63) is 60.7 Å². The number of carbonyl (C=O) groups is 1. The molecule has 0 aliphatic rings. The summed E-state index contributed by atoms with van der Waals surface area (Å²) in [6.07, 6.45) is 1.58. The monoisotopic (exact) mass is 358 g/mol. The molecule has 1 atom stereocenters. The number of ketones is 1. The fourth-order valence-corrected chi connectivity index (χ4v) is 1.48. The molecule has 0 saturated heterocycles. The number of nitrogen functional groups attached to an aromatic ring is 1. The Bertz CT molecular complexity index is 604. The first-order chi connectivity index (χ1) is 12.5. The number of para-hydroxylation sites is 1. The summed E-state index contributed by atoms with van der Waals surface area (Å²) < 4.78 is 0. The van der Waals surface area contributed by atoms with E-state index < -0.39 is 6.23 Å². The number of rotatable bonds is 6. The Morgan fingerprint density at radius 2 is 1.58 bits per heavy atom. The molecule has 6 heteroatoms. The van der Waals surface area contributed by atoms with Gasteiger partial charge in [-0.1, -0.05) is 56.7 Å². The third-order valence-electron chi connectivity index (χ3n) is 3.05. The second-order valence-corrected chi connectivity index (χ2v) is 5.39. The topological polar surface area (TPSA) is 100 Å². The van der Waals surface area contributed by atoms with E-state index in [9.17, 15) is 9.90 Å². The molecule has 0 saturated carbocycles. The van der Waals surface area contributed by atoms with Gasteiger partial charge in [0.05, 0.1) is 5.69 Å². The quantitative estimate of drug-likeness (QED) is 0.390. The smallest absolute Gasteiger partial charge is 0.165 e. The second-order valence-electron chi connectivity index (χ2n) is 5.39. The molecule has 4 N–H and O–H groups in total. The van der Waals surface area contributed by atoms with Crippen molar-refractivity contribution in [1.82, 2.24) is 0 Å². The summed E-state index contributed by atoms with van der Waals surface area (Å²) >= 11 is 0. The van der Waals surface area contributed by atoms with Gasteiger partial charge in [0.15, 0.2) is 6.23 Å². The van der Waals surface area contributed by atoms with Crippen molar-refractivity contribution in [3.8, 4) is 0 Å². The van der Waals surface area contributed by atoms with Crippen molar-refractivity contribution in [3.63, 3.8) is 0 Å². The molecule has 2 rings (SSSR count). The van der Waals surface area contributed by atoms with E-state index in [1.165, 1.54) is 0 Å². The van der Waals surface area contributed by atoms with Crippen molar-refractivity contribution >= 4 is 17.2 Å². The fraction of sp³-hybridized carbons (Fsp3) is 0.350. The van der Waals surface area contributed by atoms with E-state index in [-0.39, 0.29) is 5.78 Å². The van der Waals surface area contributed by atoms with Gasteiger partial charge in [0.2, 0.25) is 0 Å². The lowest BCUT2D eigenvalue weighted by Crippen LogP contribution is -2.05. The van der Waals surface area contributed by atoms with Gasteiger partial charge in [-0.25, -0.2) is 0 Å². The lowest BCUT2D eigenvalue weighted by Gasteiger charge is -1.99. The van der Waals surface area contributed by atoms with Crippen LogP contribution in [0, 0.1) is 0 Å². The van der Waals surface area contributed by atoms with Gasteiger partial charge in [0.25, 0.3) is 0 Å². The van der Waals surface area contributed by atoms with E-state index in [0.29, 0.717) is 12.8 Å². The molecule has 6 nitrogen and oxygen atoms in total. The minimum atomic E-state index is -0.662. The number of hydrogen-bond acceptors (Lipinski definition) is 6. The summed E-state index contributed by atoms with van der Waals surface area (Å²) in [4.78, 5) is 9.81. The number of aliphatic hydroxyl groups is 1. The molecule has 0 heterocycles. The number of aliphatic hydroxyl groups excluding tert-OH is 1. The van der Waals surface area contributed by atoms with Crippen LogP contribution in [0.3, 0.4) is 0 Å². The summed E-state index contributed by atoms with van der Waals surface area (Å²) in [5, 5.41) is 16.9. The normalized spacial score (nSPS) is 10.8. The Balaban J connectivity index is 0.000000409. The predicted molar refractivity (Wildman–Crippen MR) is 107 cm³/mol. The molecule has 26 heavy (non-hydrogen) atoms. The summed E-state index contributed by atoms with van der Waals surface area (Å²) in [7, 11) is 0. The van der Waals surface area contributed by atoms with Crippen molar-refractivity contribution in [2.75, 3.05) is 5.43 Å². The highest BCUT2D eigenvalue weighted by Crippen LogP contribution is 2.11. The van der Waals surface area contributed by atoms with Gasteiger partial charge >= 0.3 is 0 Å². The Morgan fingerprint density at radius 3 is 1.96 bits per heavy atom. The molecule has 0 fully saturated rings. The Kier molecular flexibility index (Phi) is 14.4. The molecular formula is C20H30N4O2. The summed E-state index contributed by atoms with van der Waals surface area (Å²) in [5.41, 5.74) is 4.24. The number of nitrogens with one attached hydrogen (secondary N) is 1. The van der Waals surface area contributed by atoms with Crippen LogP contribution in [-0.4, -0.2) is 17.1 Å². The molecule has 142 valence electrons. The number of anilines is 1. The number of benzene rings is 2. The highest BCUT2D eigenvalue weighted by Gasteiger charge is 1.97. The molecule has 2 aromatic carbocycles. The molecule has 1 unspecified atom stereocenters. The zero-order valence-corrected chi connectivity index (χ0v) is 15.8. The molecule has 0 amide bonds. The number of Topliss-reactive ketones (excluding diaryl/α,β-unsaturated/α-hetero) is 1. The molecular weight excluding hydrogens is 328 g/mol. The van der Waals surface area contributed by atoms with Gasteiger partial charge in [0, 0.05) is 12.1 Å². The van der Waals surface area contributed by atoms with Crippen LogP contribution in [0.5, 0.6) is 0 Å². The SMILES string of the molecule is CCC(C)=O.CCCC(O)/N=N/c1ccccc1.NNc1ccccc1. The number of carbonyl (C=O) groups excluding carboxylic acids is 1. The number of nitrogens with two attached hydrogens (primary N) is 1. The maximum absolute atomic E-state index is 9.81. The highest BCUT2D eigenvalue weighted by atomic mass is 16.3. The number of hydrogen-bond donors (Lipinski definition) is 3. The van der Waals surface area contributed by atoms with Crippen LogP contribution in [0.1, 0.15) is 40.0 Å². The molecule has 2 aromatic rings. The van der Waals surface area contributed by atoms with Gasteiger partial charge < -0.3 is 15.3 Å². The zero-order chi connectivity index (χ0) is 19.6. The van der Waals surface area contributed by atoms with Crippen molar-refractivity contribution in [2.24, 2.45) is 16.1 Å². The third kappa shape index (κ3) is 13.8. The maximum Gasteiger partial charge on any atom is 0.165 e. The average molecular weight is 358 g/mol. The Morgan fingerprint density at radius 1 is 1.08 bits per heavy atom. The zero-order valence-electron chi connectivity index (χ0n) is 15.8. The fourth-order valence-electron chi connectivity index (χ4n) is 1.48. The molecule has 0 aliphatic carbocycles. The summed E-state index contributed by atoms with van der Waals surface area (Å²) in [5.74, 6) is 5.35. The average Bonchev–Trinajstić information content (AvgIpc) is 2.69. The van der Waals surface area contributed by atoms with E-state index in [2.05, 4.69) is 15.7 Å². The first-order valence-electron chi connectivity index (χ1n) is 8.68.